The molecule has 0 nitrogen and oxygen atoms in total. The van der Waals surface area contributed by atoms with Crippen molar-refractivity contribution < 1.29 is 0 Å². The van der Waals surface area contributed by atoms with E-state index >= 15 is 0 Å². The molecule has 0 atom stereocenters. The third-order valence-corrected chi connectivity index (χ3v) is 1.97. The van der Waals surface area contributed by atoms with Crippen molar-refractivity contribution in [1.82, 2.24) is 0 Å². The minimum Gasteiger partial charge on any atom is -0.103 e. The summed E-state index contributed by atoms with van der Waals surface area (Å²) in [6.45, 7) is 8.05. The normalized spacial score (nSPS) is 12.3. The molecular weight excluding hydrogens is 156 g/mol. The van der Waals surface area contributed by atoms with Crippen LogP contribution < -0.4 is 0 Å². The Morgan fingerprint density at radius 2 is 2.08 bits per heavy atom. The molecule has 0 aromatic carbocycles. The van der Waals surface area contributed by atoms with Crippen LogP contribution in [-0.4, -0.2) is 0 Å². The standard InChI is InChI=1S/C13H22/c1-4-7-8-9-12-13(10-5-2)11-6-3/h5-6,11-12H,2,4,7-10H2,1,3H3/b11-6+,13-12-. The molecule has 0 aliphatic carbocycles. The molecule has 0 heterocycles. The first-order valence-electron chi connectivity index (χ1n) is 5.27. The van der Waals surface area contributed by atoms with Crippen molar-refractivity contribution in [1.29, 1.82) is 0 Å². The van der Waals surface area contributed by atoms with E-state index in [4.69, 9.17) is 0 Å². The summed E-state index contributed by atoms with van der Waals surface area (Å²) in [5.41, 5.74) is 1.40. The molecule has 74 valence electrons. The zero-order valence-electron chi connectivity index (χ0n) is 9.05. The Kier molecular flexibility index (Phi) is 8.75. The van der Waals surface area contributed by atoms with E-state index in [0.29, 0.717) is 0 Å². The van der Waals surface area contributed by atoms with Gasteiger partial charge in [-0.2, -0.15) is 0 Å². The lowest BCUT2D eigenvalue weighted by Gasteiger charge is -1.98. The molecule has 0 amide bonds. The SMILES string of the molecule is C=CCC(=C/CCCCC)/C=C/C. The number of hydrogen-bond acceptors (Lipinski definition) is 0. The van der Waals surface area contributed by atoms with Gasteiger partial charge in [-0.1, -0.05) is 44.1 Å². The molecule has 0 aliphatic heterocycles. The molecule has 0 bridgehead atoms. The first-order valence-corrected chi connectivity index (χ1v) is 5.27. The predicted octanol–water partition coefficient (Wildman–Crippen LogP) is 4.65. The van der Waals surface area contributed by atoms with E-state index in [0.717, 1.165) is 6.42 Å². The third kappa shape index (κ3) is 7.58. The van der Waals surface area contributed by atoms with E-state index in [1.165, 1.54) is 31.3 Å². The molecule has 0 aliphatic rings. The average molecular weight is 178 g/mol. The number of unbranched alkanes of at least 4 members (excludes halogenated alkanes) is 3. The van der Waals surface area contributed by atoms with Crippen molar-refractivity contribution in [2.45, 2.75) is 46.0 Å². The second-order valence-corrected chi connectivity index (χ2v) is 3.27. The summed E-state index contributed by atoms with van der Waals surface area (Å²) in [6, 6.07) is 0. The highest BCUT2D eigenvalue weighted by Gasteiger charge is 1.88. The molecule has 13 heavy (non-hydrogen) atoms. The summed E-state index contributed by atoms with van der Waals surface area (Å²) in [5.74, 6) is 0. The Morgan fingerprint density at radius 3 is 2.62 bits per heavy atom. The van der Waals surface area contributed by atoms with Crippen LogP contribution in [0.2, 0.25) is 0 Å². The number of allylic oxidation sites excluding steroid dienone is 5. The van der Waals surface area contributed by atoms with E-state index in [9.17, 15) is 0 Å². The van der Waals surface area contributed by atoms with Gasteiger partial charge in [0.15, 0.2) is 0 Å². The van der Waals surface area contributed by atoms with Crippen LogP contribution in [0.15, 0.2) is 36.5 Å². The van der Waals surface area contributed by atoms with E-state index in [-0.39, 0.29) is 0 Å². The molecule has 0 radical (unpaired) electrons. The molecule has 0 saturated carbocycles. The minimum atomic E-state index is 0.996. The van der Waals surface area contributed by atoms with Crippen LogP contribution in [0.5, 0.6) is 0 Å². The first-order chi connectivity index (χ1) is 6.35. The van der Waals surface area contributed by atoms with Crippen molar-refractivity contribution in [3.05, 3.63) is 36.5 Å². The largest absolute Gasteiger partial charge is 0.103 e. The van der Waals surface area contributed by atoms with E-state index < -0.39 is 0 Å². The topological polar surface area (TPSA) is 0 Å². The van der Waals surface area contributed by atoms with Crippen LogP contribution in [0, 0.1) is 0 Å². The van der Waals surface area contributed by atoms with Crippen LogP contribution >= 0.6 is 0 Å². The maximum Gasteiger partial charge on any atom is -0.0103 e. The Bertz CT molecular complexity index is 172. The van der Waals surface area contributed by atoms with Gasteiger partial charge in [-0.3, -0.25) is 0 Å². The fraction of sp³-hybridized carbons (Fsp3) is 0.538. The number of rotatable bonds is 7. The summed E-state index contributed by atoms with van der Waals surface area (Å²) in [6.07, 6.45) is 14.7. The molecular formula is C13H22. The monoisotopic (exact) mass is 178 g/mol. The predicted molar refractivity (Wildman–Crippen MR) is 61.9 cm³/mol. The highest BCUT2D eigenvalue weighted by Crippen LogP contribution is 2.08. The fourth-order valence-corrected chi connectivity index (χ4v) is 1.28. The summed E-state index contributed by atoms with van der Waals surface area (Å²) < 4.78 is 0. The highest BCUT2D eigenvalue weighted by molar-refractivity contribution is 5.20. The lowest BCUT2D eigenvalue weighted by atomic mass is 10.1. The molecule has 0 N–H and O–H groups in total. The van der Waals surface area contributed by atoms with Crippen LogP contribution in [0.1, 0.15) is 46.0 Å². The summed E-state index contributed by atoms with van der Waals surface area (Å²) in [4.78, 5) is 0. The molecule has 0 fully saturated rings. The maximum atomic E-state index is 3.75. The van der Waals surface area contributed by atoms with Crippen molar-refractivity contribution >= 4 is 0 Å². The zero-order valence-corrected chi connectivity index (χ0v) is 9.05. The molecule has 0 heteroatoms. The van der Waals surface area contributed by atoms with Gasteiger partial charge in [0, 0.05) is 0 Å². The van der Waals surface area contributed by atoms with E-state index in [2.05, 4.69) is 38.7 Å². The minimum absolute atomic E-state index is 0.996. The summed E-state index contributed by atoms with van der Waals surface area (Å²) in [7, 11) is 0. The highest BCUT2D eigenvalue weighted by atomic mass is 13.9. The van der Waals surface area contributed by atoms with Crippen molar-refractivity contribution in [2.24, 2.45) is 0 Å². The van der Waals surface area contributed by atoms with Gasteiger partial charge in [0.25, 0.3) is 0 Å². The fourth-order valence-electron chi connectivity index (χ4n) is 1.28. The Balaban J connectivity index is 3.81. The summed E-state index contributed by atoms with van der Waals surface area (Å²) >= 11 is 0. The zero-order chi connectivity index (χ0) is 9.94. The lowest BCUT2D eigenvalue weighted by molar-refractivity contribution is 0.727. The molecule has 0 spiro atoms. The maximum absolute atomic E-state index is 3.75. The smallest absolute Gasteiger partial charge is 0.0103 e. The van der Waals surface area contributed by atoms with Gasteiger partial charge in [-0.25, -0.2) is 0 Å². The molecule has 0 unspecified atom stereocenters. The van der Waals surface area contributed by atoms with Crippen molar-refractivity contribution in [2.75, 3.05) is 0 Å². The van der Waals surface area contributed by atoms with Crippen LogP contribution in [-0.2, 0) is 0 Å². The van der Waals surface area contributed by atoms with E-state index in [1.54, 1.807) is 0 Å². The van der Waals surface area contributed by atoms with Crippen LogP contribution in [0.25, 0.3) is 0 Å². The molecule has 0 aromatic heterocycles. The van der Waals surface area contributed by atoms with E-state index in [1.807, 2.05) is 6.08 Å². The second kappa shape index (κ2) is 9.31. The van der Waals surface area contributed by atoms with Crippen LogP contribution in [0.4, 0.5) is 0 Å². The lowest BCUT2D eigenvalue weighted by Crippen LogP contribution is -1.77. The molecule has 0 rings (SSSR count). The van der Waals surface area contributed by atoms with Gasteiger partial charge in [0.05, 0.1) is 0 Å². The third-order valence-electron chi connectivity index (χ3n) is 1.97. The van der Waals surface area contributed by atoms with Gasteiger partial charge in [-0.15, -0.1) is 6.58 Å². The molecule has 0 aromatic rings. The number of hydrogen-bond donors (Lipinski definition) is 0. The Labute approximate surface area is 83.0 Å². The second-order valence-electron chi connectivity index (χ2n) is 3.27. The van der Waals surface area contributed by atoms with Gasteiger partial charge in [0.1, 0.15) is 0 Å². The first kappa shape index (κ1) is 12.2. The van der Waals surface area contributed by atoms with Gasteiger partial charge < -0.3 is 0 Å². The Morgan fingerprint density at radius 1 is 1.31 bits per heavy atom. The van der Waals surface area contributed by atoms with Crippen molar-refractivity contribution in [3.63, 3.8) is 0 Å². The molecule has 0 saturated heterocycles. The average Bonchev–Trinajstić information content (AvgIpc) is 2.13. The Hall–Kier alpha value is -0.780. The van der Waals surface area contributed by atoms with Gasteiger partial charge in [0.2, 0.25) is 0 Å². The van der Waals surface area contributed by atoms with Crippen molar-refractivity contribution in [3.8, 4) is 0 Å². The summed E-state index contributed by atoms with van der Waals surface area (Å²) in [5, 5.41) is 0. The van der Waals surface area contributed by atoms with Gasteiger partial charge >= 0.3 is 0 Å². The quantitative estimate of drug-likeness (QED) is 0.302. The van der Waals surface area contributed by atoms with Gasteiger partial charge in [-0.05, 0) is 31.8 Å². The van der Waals surface area contributed by atoms with Crippen LogP contribution in [0.3, 0.4) is 0 Å².